The first-order valence-electron chi connectivity index (χ1n) is 7.95. The fourth-order valence-corrected chi connectivity index (χ4v) is 3.36. The molecule has 0 atom stereocenters. The lowest BCUT2D eigenvalue weighted by atomic mass is 10.2. The first kappa shape index (κ1) is 18.4. The van der Waals surface area contributed by atoms with Gasteiger partial charge in [0.2, 0.25) is 0 Å². The van der Waals surface area contributed by atoms with Crippen molar-refractivity contribution in [2.45, 2.75) is 32.6 Å². The van der Waals surface area contributed by atoms with E-state index in [0.29, 0.717) is 6.54 Å². The van der Waals surface area contributed by atoms with Gasteiger partial charge in [-0.1, -0.05) is 31.9 Å². The number of hydrogen-bond acceptors (Lipinski definition) is 5. The van der Waals surface area contributed by atoms with E-state index in [0.717, 1.165) is 29.0 Å². The first-order chi connectivity index (χ1) is 11.7. The molecule has 2 rings (SSSR count). The zero-order valence-corrected chi connectivity index (χ0v) is 15.3. The number of carbonyl (C=O) groups excluding carboxylic acids is 2. The van der Waals surface area contributed by atoms with E-state index in [1.165, 1.54) is 22.7 Å². The summed E-state index contributed by atoms with van der Waals surface area (Å²) in [5.41, 5.74) is 0. The van der Waals surface area contributed by atoms with E-state index < -0.39 is 5.97 Å². The molecule has 1 N–H and O–H groups in total. The number of carbonyl (C=O) groups is 2. The van der Waals surface area contributed by atoms with E-state index in [4.69, 9.17) is 4.74 Å². The molecular formula is C18H21NO3S2. The Bertz CT molecular complexity index is 661. The lowest BCUT2D eigenvalue weighted by Gasteiger charge is -2.09. The summed E-state index contributed by atoms with van der Waals surface area (Å²) in [5.74, 6) is -0.724. The maximum atomic E-state index is 12.3. The van der Waals surface area contributed by atoms with Crippen LogP contribution in [0.3, 0.4) is 0 Å². The van der Waals surface area contributed by atoms with Crippen LogP contribution in [0.1, 0.15) is 35.9 Å². The normalized spacial score (nSPS) is 11.3. The number of hydrogen-bond donors (Lipinski definition) is 1. The van der Waals surface area contributed by atoms with E-state index in [1.807, 2.05) is 35.0 Å². The monoisotopic (exact) mass is 363 g/mol. The predicted octanol–water partition coefficient (Wildman–Crippen LogP) is 4.24. The molecule has 24 heavy (non-hydrogen) atoms. The third kappa shape index (κ3) is 6.29. The highest BCUT2D eigenvalue weighted by atomic mass is 32.1. The van der Waals surface area contributed by atoms with Crippen molar-refractivity contribution in [3.8, 4) is 0 Å². The Hall–Kier alpha value is -1.92. The van der Waals surface area contributed by atoms with E-state index in [9.17, 15) is 9.59 Å². The van der Waals surface area contributed by atoms with Gasteiger partial charge < -0.3 is 10.1 Å². The molecule has 0 aliphatic rings. The summed E-state index contributed by atoms with van der Waals surface area (Å²) in [4.78, 5) is 26.2. The van der Waals surface area contributed by atoms with Gasteiger partial charge in [-0.2, -0.15) is 0 Å². The largest absolute Gasteiger partial charge is 0.420 e. The van der Waals surface area contributed by atoms with Crippen LogP contribution in [-0.2, 0) is 20.7 Å². The molecular weight excluding hydrogens is 342 g/mol. The molecule has 0 unspecified atom stereocenters. The topological polar surface area (TPSA) is 55.4 Å². The minimum Gasteiger partial charge on any atom is -0.420 e. The number of rotatable bonds is 9. The highest BCUT2D eigenvalue weighted by Gasteiger charge is 2.16. The molecule has 2 heterocycles. The van der Waals surface area contributed by atoms with Crippen molar-refractivity contribution >= 4 is 40.6 Å². The van der Waals surface area contributed by atoms with Gasteiger partial charge in [0, 0.05) is 22.4 Å². The van der Waals surface area contributed by atoms with Crippen LogP contribution in [0.25, 0.3) is 6.08 Å². The fourth-order valence-electron chi connectivity index (χ4n) is 2.02. The third-order valence-corrected chi connectivity index (χ3v) is 4.92. The maximum Gasteiger partial charge on any atom is 0.316 e. The summed E-state index contributed by atoms with van der Waals surface area (Å²) in [7, 11) is 0. The van der Waals surface area contributed by atoms with Crippen molar-refractivity contribution in [3.63, 3.8) is 0 Å². The second-order valence-electron chi connectivity index (χ2n) is 5.22. The highest BCUT2D eigenvalue weighted by molar-refractivity contribution is 7.10. The Labute approximate surface area is 150 Å². The molecule has 0 spiro atoms. The van der Waals surface area contributed by atoms with Crippen molar-refractivity contribution in [2.75, 3.05) is 6.54 Å². The Morgan fingerprint density at radius 1 is 1.17 bits per heavy atom. The Balaban J connectivity index is 1.99. The van der Waals surface area contributed by atoms with Crippen molar-refractivity contribution < 1.29 is 14.3 Å². The molecule has 4 nitrogen and oxygen atoms in total. The summed E-state index contributed by atoms with van der Waals surface area (Å²) in [6.07, 6.45) is 4.85. The molecule has 0 aliphatic carbocycles. The lowest BCUT2D eigenvalue weighted by Crippen LogP contribution is -2.28. The van der Waals surface area contributed by atoms with Crippen LogP contribution < -0.4 is 5.32 Å². The molecule has 2 aromatic heterocycles. The third-order valence-electron chi connectivity index (χ3n) is 3.23. The molecule has 0 aromatic carbocycles. The van der Waals surface area contributed by atoms with Crippen molar-refractivity contribution in [1.29, 1.82) is 0 Å². The van der Waals surface area contributed by atoms with Crippen LogP contribution in [0.5, 0.6) is 0 Å². The fraction of sp³-hybridized carbons (Fsp3) is 0.333. The molecule has 0 fully saturated rings. The van der Waals surface area contributed by atoms with Crippen LogP contribution in [0.15, 0.2) is 40.8 Å². The molecule has 0 radical (unpaired) electrons. The van der Waals surface area contributed by atoms with Gasteiger partial charge in [0.05, 0.1) is 6.42 Å². The summed E-state index contributed by atoms with van der Waals surface area (Å²) < 4.78 is 5.34. The second kappa shape index (κ2) is 10.1. The van der Waals surface area contributed by atoms with E-state index in [1.54, 1.807) is 6.08 Å². The summed E-state index contributed by atoms with van der Waals surface area (Å²) in [5, 5.41) is 6.64. The van der Waals surface area contributed by atoms with Gasteiger partial charge in [0.25, 0.3) is 5.91 Å². The van der Waals surface area contributed by atoms with Gasteiger partial charge in [-0.05, 0) is 29.3 Å². The van der Waals surface area contributed by atoms with Gasteiger partial charge in [-0.25, -0.2) is 0 Å². The summed E-state index contributed by atoms with van der Waals surface area (Å²) in [6.45, 7) is 2.69. The van der Waals surface area contributed by atoms with Crippen LogP contribution in [0, 0.1) is 0 Å². The molecule has 0 saturated heterocycles. The van der Waals surface area contributed by atoms with E-state index >= 15 is 0 Å². The molecule has 1 amide bonds. The minimum absolute atomic E-state index is 0.0514. The summed E-state index contributed by atoms with van der Waals surface area (Å²) >= 11 is 2.98. The van der Waals surface area contributed by atoms with Gasteiger partial charge in [-0.3, -0.25) is 9.59 Å². The SMILES string of the molecule is CCCCCNC(=O)/C(=C/c1cccs1)OC(=O)Cc1cccs1. The Morgan fingerprint density at radius 2 is 1.96 bits per heavy atom. The van der Waals surface area contributed by atoms with Gasteiger partial charge >= 0.3 is 5.97 Å². The van der Waals surface area contributed by atoms with Crippen molar-refractivity contribution in [3.05, 3.63) is 50.5 Å². The minimum atomic E-state index is -0.427. The average molecular weight is 364 g/mol. The molecule has 6 heteroatoms. The maximum absolute atomic E-state index is 12.3. The quantitative estimate of drug-likeness (QED) is 0.314. The standard InChI is InChI=1S/C18H21NO3S2/c1-2-3-4-9-19-18(21)16(12-14-7-5-10-23-14)22-17(20)13-15-8-6-11-24-15/h5-8,10-12H,2-4,9,13H2,1H3,(H,19,21)/b16-12-. The molecule has 2 aromatic rings. The zero-order chi connectivity index (χ0) is 17.2. The number of nitrogens with one attached hydrogen (secondary N) is 1. The summed E-state index contributed by atoms with van der Waals surface area (Å²) in [6, 6.07) is 7.53. The van der Waals surface area contributed by atoms with E-state index in [2.05, 4.69) is 12.2 Å². The average Bonchev–Trinajstić information content (AvgIpc) is 3.24. The Morgan fingerprint density at radius 3 is 2.62 bits per heavy atom. The van der Waals surface area contributed by atoms with Crippen molar-refractivity contribution in [2.24, 2.45) is 0 Å². The number of thiophene rings is 2. The zero-order valence-electron chi connectivity index (χ0n) is 13.6. The van der Waals surface area contributed by atoms with E-state index in [-0.39, 0.29) is 18.1 Å². The highest BCUT2D eigenvalue weighted by Crippen LogP contribution is 2.16. The van der Waals surface area contributed by atoms with Crippen LogP contribution in [0.4, 0.5) is 0 Å². The van der Waals surface area contributed by atoms with Crippen molar-refractivity contribution in [1.82, 2.24) is 5.32 Å². The number of ether oxygens (including phenoxy) is 1. The molecule has 128 valence electrons. The van der Waals surface area contributed by atoms with Crippen LogP contribution >= 0.6 is 22.7 Å². The molecule has 0 saturated carbocycles. The second-order valence-corrected chi connectivity index (χ2v) is 7.23. The molecule has 0 bridgehead atoms. The van der Waals surface area contributed by atoms with Gasteiger partial charge in [0.15, 0.2) is 5.76 Å². The Kier molecular flexibility index (Phi) is 7.71. The molecule has 0 aliphatic heterocycles. The lowest BCUT2D eigenvalue weighted by molar-refractivity contribution is -0.142. The number of unbranched alkanes of at least 4 members (excludes halogenated alkanes) is 2. The predicted molar refractivity (Wildman–Crippen MR) is 98.9 cm³/mol. The van der Waals surface area contributed by atoms with Crippen LogP contribution in [0.2, 0.25) is 0 Å². The number of esters is 1. The first-order valence-corrected chi connectivity index (χ1v) is 9.71. The smallest absolute Gasteiger partial charge is 0.316 e. The van der Waals surface area contributed by atoms with Gasteiger partial charge in [0.1, 0.15) is 0 Å². The number of amides is 1. The van der Waals surface area contributed by atoms with Crippen LogP contribution in [-0.4, -0.2) is 18.4 Å². The van der Waals surface area contributed by atoms with Gasteiger partial charge in [-0.15, -0.1) is 22.7 Å².